The first-order valence-electron chi connectivity index (χ1n) is 4.65. The number of nitrogens with zero attached hydrogens (tertiary/aromatic N) is 6. The molecule has 0 fully saturated rings. The van der Waals surface area contributed by atoms with Crippen molar-refractivity contribution in [1.29, 1.82) is 0 Å². The van der Waals surface area contributed by atoms with Crippen LogP contribution in [0.1, 0.15) is 0 Å². The van der Waals surface area contributed by atoms with Gasteiger partial charge in [-0.3, -0.25) is 0 Å². The van der Waals surface area contributed by atoms with Crippen molar-refractivity contribution in [3.05, 3.63) is 56.9 Å². The van der Waals surface area contributed by atoms with Gasteiger partial charge in [0.25, 0.3) is 0 Å². The molecule has 0 aromatic carbocycles. The van der Waals surface area contributed by atoms with Gasteiger partial charge < -0.3 is 20.2 Å². The minimum Gasteiger partial charge on any atom is -0.358 e. The van der Waals surface area contributed by atoms with Crippen LogP contribution in [-0.2, 0) is 0 Å². The van der Waals surface area contributed by atoms with E-state index in [0.717, 1.165) is 9.35 Å². The molecule has 0 aliphatic carbocycles. The molecule has 2 rings (SSSR count). The van der Waals surface area contributed by atoms with Crippen molar-refractivity contribution >= 4 is 11.6 Å². The maximum Gasteiger partial charge on any atom is 0.349 e. The van der Waals surface area contributed by atoms with Gasteiger partial charge in [-0.2, -0.15) is 0 Å². The third-order valence-electron chi connectivity index (χ3n) is 2.02. The molecular weight excluding hydrogens is 244 g/mol. The molecular formula is C8H6N6O4. The molecule has 2 aromatic heterocycles. The summed E-state index contributed by atoms with van der Waals surface area (Å²) in [6, 6.07) is 5.31. The Morgan fingerprint density at radius 1 is 0.889 bits per heavy atom. The second-order valence-corrected chi connectivity index (χ2v) is 3.12. The van der Waals surface area contributed by atoms with Gasteiger partial charge in [-0.25, -0.2) is 0 Å². The summed E-state index contributed by atoms with van der Waals surface area (Å²) >= 11 is 0. The lowest BCUT2D eigenvalue weighted by atomic mass is 10.6. The number of aromatic nitrogens is 2. The lowest BCUT2D eigenvalue weighted by Crippen LogP contribution is -1.98. The highest BCUT2D eigenvalue weighted by Crippen LogP contribution is 2.14. The predicted molar refractivity (Wildman–Crippen MR) is 57.8 cm³/mol. The molecule has 0 N–H and O–H groups in total. The summed E-state index contributed by atoms with van der Waals surface area (Å²) < 4.78 is 1.81. The Bertz CT molecular complexity index is 573. The Labute approximate surface area is 99.0 Å². The zero-order valence-electron chi connectivity index (χ0n) is 8.78. The van der Waals surface area contributed by atoms with Crippen molar-refractivity contribution in [3.63, 3.8) is 0 Å². The van der Waals surface area contributed by atoms with E-state index < -0.39 is 9.85 Å². The minimum atomic E-state index is -0.636. The quantitative estimate of drug-likeness (QED) is 0.466. The average Bonchev–Trinajstić information content (AvgIpc) is 2.94. The molecule has 18 heavy (non-hydrogen) atoms. The first-order valence-corrected chi connectivity index (χ1v) is 4.65. The normalized spacial score (nSPS) is 10.9. The Kier molecular flexibility index (Phi) is 2.83. The second-order valence-electron chi connectivity index (χ2n) is 3.12. The molecule has 0 bridgehead atoms. The molecule has 0 saturated carbocycles. The van der Waals surface area contributed by atoms with Crippen LogP contribution in [0.15, 0.2) is 47.1 Å². The Balaban J connectivity index is 2.30. The van der Waals surface area contributed by atoms with Gasteiger partial charge in [0.2, 0.25) is 0 Å². The van der Waals surface area contributed by atoms with Gasteiger partial charge in [0, 0.05) is 12.1 Å². The van der Waals surface area contributed by atoms with Gasteiger partial charge in [0.05, 0.1) is 10.4 Å². The zero-order chi connectivity index (χ0) is 13.1. The monoisotopic (exact) mass is 250 g/mol. The van der Waals surface area contributed by atoms with Crippen LogP contribution in [0.2, 0.25) is 0 Å². The molecule has 0 aliphatic heterocycles. The summed E-state index contributed by atoms with van der Waals surface area (Å²) in [6.07, 6.45) is 2.63. The maximum atomic E-state index is 10.6. The van der Waals surface area contributed by atoms with Crippen LogP contribution in [-0.4, -0.2) is 19.2 Å². The Hall–Kier alpha value is -3.04. The Morgan fingerprint density at radius 3 is 1.61 bits per heavy atom. The van der Waals surface area contributed by atoms with Crippen LogP contribution >= 0.6 is 0 Å². The molecule has 92 valence electrons. The molecule has 0 unspecified atom stereocenters. The van der Waals surface area contributed by atoms with Gasteiger partial charge in [-0.1, -0.05) is 9.35 Å². The lowest BCUT2D eigenvalue weighted by molar-refractivity contribution is -0.392. The molecule has 10 nitrogen and oxygen atoms in total. The van der Waals surface area contributed by atoms with E-state index in [4.69, 9.17) is 0 Å². The van der Waals surface area contributed by atoms with Crippen molar-refractivity contribution in [1.82, 2.24) is 9.35 Å². The van der Waals surface area contributed by atoms with Gasteiger partial charge in [-0.15, -0.1) is 0 Å². The van der Waals surface area contributed by atoms with Crippen molar-refractivity contribution in [2.45, 2.75) is 0 Å². The highest BCUT2D eigenvalue weighted by atomic mass is 16.6. The van der Waals surface area contributed by atoms with Crippen LogP contribution in [0.25, 0.3) is 0 Å². The smallest absolute Gasteiger partial charge is 0.349 e. The van der Waals surface area contributed by atoms with Crippen LogP contribution in [0.5, 0.6) is 0 Å². The van der Waals surface area contributed by atoms with E-state index in [9.17, 15) is 20.2 Å². The topological polar surface area (TPSA) is 121 Å². The van der Waals surface area contributed by atoms with E-state index in [2.05, 4.69) is 10.4 Å². The maximum absolute atomic E-state index is 10.6. The summed E-state index contributed by atoms with van der Waals surface area (Å²) in [6.45, 7) is 0. The molecule has 0 amide bonds. The summed E-state index contributed by atoms with van der Waals surface area (Å²) in [4.78, 5) is 19.9. The van der Waals surface area contributed by atoms with E-state index in [1.165, 1.54) is 36.7 Å². The van der Waals surface area contributed by atoms with Gasteiger partial charge >= 0.3 is 11.6 Å². The highest BCUT2D eigenvalue weighted by Gasteiger charge is 2.14. The second kappa shape index (κ2) is 4.45. The van der Waals surface area contributed by atoms with Crippen LogP contribution in [0, 0.1) is 20.2 Å². The van der Waals surface area contributed by atoms with E-state index in [0.29, 0.717) is 0 Å². The lowest BCUT2D eigenvalue weighted by Gasteiger charge is -1.93. The fourth-order valence-electron chi connectivity index (χ4n) is 1.25. The SMILES string of the molecule is O=[N+]([O-])c1cccn1N=Nn1cccc1[N+](=O)[O-]. The van der Waals surface area contributed by atoms with Crippen LogP contribution in [0.3, 0.4) is 0 Å². The van der Waals surface area contributed by atoms with Crippen molar-refractivity contribution in [2.24, 2.45) is 10.4 Å². The fourth-order valence-corrected chi connectivity index (χ4v) is 1.25. The van der Waals surface area contributed by atoms with E-state index in [1.807, 2.05) is 0 Å². The molecule has 2 heterocycles. The van der Waals surface area contributed by atoms with Gasteiger partial charge in [0.1, 0.15) is 12.4 Å². The van der Waals surface area contributed by atoms with Gasteiger partial charge in [0.15, 0.2) is 0 Å². The standard InChI is InChI=1S/C8H6N6O4/c15-13(16)7-3-1-5-11(7)9-10-12-6-2-4-8(12)14(17)18/h1-6H. The van der Waals surface area contributed by atoms with E-state index in [1.54, 1.807) is 0 Å². The van der Waals surface area contributed by atoms with Crippen LogP contribution in [0.4, 0.5) is 11.6 Å². The molecule has 10 heteroatoms. The van der Waals surface area contributed by atoms with Crippen molar-refractivity contribution in [2.75, 3.05) is 0 Å². The third-order valence-corrected chi connectivity index (χ3v) is 2.02. The summed E-state index contributed by atoms with van der Waals surface area (Å²) in [7, 11) is 0. The zero-order valence-corrected chi connectivity index (χ0v) is 8.78. The molecule has 0 atom stereocenters. The molecule has 0 aliphatic rings. The Morgan fingerprint density at radius 2 is 1.28 bits per heavy atom. The highest BCUT2D eigenvalue weighted by molar-refractivity contribution is 5.21. The van der Waals surface area contributed by atoms with E-state index >= 15 is 0 Å². The molecule has 0 spiro atoms. The molecule has 0 saturated heterocycles. The summed E-state index contributed by atoms with van der Waals surface area (Å²) in [5.74, 6) is -0.567. The van der Waals surface area contributed by atoms with Crippen LogP contribution < -0.4 is 0 Å². The first kappa shape index (κ1) is 11.4. The summed E-state index contributed by atoms with van der Waals surface area (Å²) in [5.41, 5.74) is 0. The average molecular weight is 250 g/mol. The number of hydrogen-bond donors (Lipinski definition) is 0. The number of hydrogen-bond acceptors (Lipinski definition) is 6. The molecule has 0 radical (unpaired) electrons. The largest absolute Gasteiger partial charge is 0.358 e. The number of nitro groups is 2. The number of rotatable bonds is 4. The van der Waals surface area contributed by atoms with Crippen molar-refractivity contribution < 1.29 is 9.85 Å². The minimum absolute atomic E-state index is 0.284. The van der Waals surface area contributed by atoms with E-state index in [-0.39, 0.29) is 11.6 Å². The predicted octanol–water partition coefficient (Wildman–Crippen LogP) is 1.78. The third kappa shape index (κ3) is 2.07. The van der Waals surface area contributed by atoms with Gasteiger partial charge in [-0.05, 0) is 22.0 Å². The first-order chi connectivity index (χ1) is 8.59. The van der Waals surface area contributed by atoms with Crippen molar-refractivity contribution in [3.8, 4) is 0 Å². The molecule has 2 aromatic rings. The summed E-state index contributed by atoms with van der Waals surface area (Å²) in [5, 5.41) is 28.2. The fraction of sp³-hybridized carbons (Fsp3) is 0.